The summed E-state index contributed by atoms with van der Waals surface area (Å²) in [5.41, 5.74) is 2.53. The second-order valence-corrected chi connectivity index (χ2v) is 9.07. The molecule has 1 saturated heterocycles. The van der Waals surface area contributed by atoms with Crippen molar-refractivity contribution in [2.24, 2.45) is 0 Å². The fraction of sp³-hybridized carbons (Fsp3) is 0.222. The van der Waals surface area contributed by atoms with Crippen LogP contribution in [0.1, 0.15) is 21.5 Å². The van der Waals surface area contributed by atoms with Gasteiger partial charge in [-0.3, -0.25) is 9.78 Å². The fourth-order valence-electron chi connectivity index (χ4n) is 4.34. The van der Waals surface area contributed by atoms with Gasteiger partial charge in [0.2, 0.25) is 0 Å². The summed E-state index contributed by atoms with van der Waals surface area (Å²) in [4.78, 5) is 25.6. The average molecular weight is 524 g/mol. The maximum absolute atomic E-state index is 13.1. The topological polar surface area (TPSA) is 61.4 Å². The Morgan fingerprint density at radius 1 is 0.919 bits per heavy atom. The molecule has 0 atom stereocenters. The number of pyridine rings is 2. The first-order chi connectivity index (χ1) is 17.8. The van der Waals surface area contributed by atoms with Crippen LogP contribution in [0, 0.1) is 0 Å². The third-order valence-corrected chi connectivity index (χ3v) is 6.73. The molecule has 0 radical (unpaired) electrons. The highest BCUT2D eigenvalue weighted by Gasteiger charge is 2.30. The van der Waals surface area contributed by atoms with Crippen molar-refractivity contribution in [3.8, 4) is 0 Å². The molecule has 37 heavy (non-hydrogen) atoms. The van der Waals surface area contributed by atoms with E-state index in [1.54, 1.807) is 36.5 Å². The maximum atomic E-state index is 13.1. The third-order valence-electron chi connectivity index (χ3n) is 6.36. The van der Waals surface area contributed by atoms with Crippen LogP contribution in [0.2, 0.25) is 0 Å². The molecule has 3 heterocycles. The number of piperazine rings is 1. The van der Waals surface area contributed by atoms with Gasteiger partial charge in [-0.15, -0.1) is 0 Å². The van der Waals surface area contributed by atoms with Gasteiger partial charge in [-0.1, -0.05) is 6.07 Å². The summed E-state index contributed by atoms with van der Waals surface area (Å²) in [6.07, 6.45) is -1.18. The van der Waals surface area contributed by atoms with Gasteiger partial charge in [-0.05, 0) is 60.2 Å². The number of halogens is 3. The summed E-state index contributed by atoms with van der Waals surface area (Å²) in [5, 5.41) is 3.79. The van der Waals surface area contributed by atoms with Crippen molar-refractivity contribution in [3.63, 3.8) is 0 Å². The Hall–Kier alpha value is -3.79. The van der Waals surface area contributed by atoms with Crippen molar-refractivity contribution in [3.05, 3.63) is 89.7 Å². The molecule has 4 aromatic rings. The van der Waals surface area contributed by atoms with Crippen molar-refractivity contribution < 1.29 is 18.0 Å². The average Bonchev–Trinajstić information content (AvgIpc) is 2.92. The highest BCUT2D eigenvalue weighted by molar-refractivity contribution is 7.79. The molecule has 1 fully saturated rings. The Balaban J connectivity index is 1.24. The van der Waals surface area contributed by atoms with Gasteiger partial charge >= 0.3 is 6.18 Å². The first kappa shape index (κ1) is 24.9. The van der Waals surface area contributed by atoms with Crippen LogP contribution < -0.4 is 10.2 Å². The minimum atomic E-state index is -4.43. The maximum Gasteiger partial charge on any atom is 0.416 e. The van der Waals surface area contributed by atoms with Crippen LogP contribution >= 0.6 is 12.6 Å². The molecule has 1 aliphatic rings. The number of fused-ring (bicyclic) bond motifs is 1. The second kappa shape index (κ2) is 10.3. The molecule has 1 amide bonds. The predicted molar refractivity (Wildman–Crippen MR) is 142 cm³/mol. The van der Waals surface area contributed by atoms with Gasteiger partial charge in [0.15, 0.2) is 0 Å². The Morgan fingerprint density at radius 2 is 1.65 bits per heavy atom. The summed E-state index contributed by atoms with van der Waals surface area (Å²) in [6, 6.07) is 16.2. The van der Waals surface area contributed by atoms with E-state index in [1.807, 2.05) is 17.0 Å². The van der Waals surface area contributed by atoms with E-state index < -0.39 is 11.7 Å². The second-order valence-electron chi connectivity index (χ2n) is 8.75. The fourth-order valence-corrected chi connectivity index (χ4v) is 4.53. The number of hydrogen-bond donors (Lipinski definition) is 2. The van der Waals surface area contributed by atoms with Crippen molar-refractivity contribution in [2.75, 3.05) is 36.4 Å². The predicted octanol–water partition coefficient (Wildman–Crippen LogP) is 5.78. The Kier molecular flexibility index (Phi) is 6.92. The molecule has 5 rings (SSSR count). The molecular formula is C27H24F3N5OS. The number of nitrogens with zero attached hydrogens (tertiary/aromatic N) is 4. The van der Waals surface area contributed by atoms with Crippen LogP contribution in [0.4, 0.5) is 30.4 Å². The number of anilines is 3. The van der Waals surface area contributed by atoms with Crippen molar-refractivity contribution in [1.29, 1.82) is 0 Å². The summed E-state index contributed by atoms with van der Waals surface area (Å²) in [6.45, 7) is 2.57. The van der Waals surface area contributed by atoms with Crippen LogP contribution in [-0.4, -0.2) is 47.0 Å². The lowest BCUT2D eigenvalue weighted by Gasteiger charge is -2.35. The van der Waals surface area contributed by atoms with E-state index in [1.165, 1.54) is 12.3 Å². The lowest BCUT2D eigenvalue weighted by molar-refractivity contribution is -0.137. The molecule has 0 bridgehead atoms. The highest BCUT2D eigenvalue weighted by Crippen LogP contribution is 2.33. The van der Waals surface area contributed by atoms with E-state index in [-0.39, 0.29) is 11.4 Å². The molecule has 0 aliphatic carbocycles. The Morgan fingerprint density at radius 3 is 2.35 bits per heavy atom. The van der Waals surface area contributed by atoms with Gasteiger partial charge in [0.25, 0.3) is 5.91 Å². The van der Waals surface area contributed by atoms with E-state index in [4.69, 9.17) is 0 Å². The van der Waals surface area contributed by atoms with Gasteiger partial charge in [0.05, 0.1) is 11.1 Å². The molecule has 190 valence electrons. The molecule has 10 heteroatoms. The number of rotatable bonds is 5. The molecular weight excluding hydrogens is 499 g/mol. The number of aromatic nitrogens is 2. The van der Waals surface area contributed by atoms with Crippen LogP contribution in [0.3, 0.4) is 0 Å². The van der Waals surface area contributed by atoms with Crippen LogP contribution in [-0.2, 0) is 11.9 Å². The number of hydrogen-bond acceptors (Lipinski definition) is 6. The van der Waals surface area contributed by atoms with Crippen molar-refractivity contribution in [2.45, 2.75) is 11.9 Å². The van der Waals surface area contributed by atoms with E-state index in [9.17, 15) is 18.0 Å². The standard InChI is InChI=1S/C27H24F3N5OS/c28-27(29,30)20-3-6-22-23(8-10-31-24(22)16-20)33-21-4-1-19(2-5-21)26(36)35-13-11-34(12-14-35)25-15-18(17-37)7-9-32-25/h1-10,15-16,37H,11-14,17H2,(H,31,33). The first-order valence-electron chi connectivity index (χ1n) is 11.7. The van der Waals surface area contributed by atoms with Crippen LogP contribution in [0.5, 0.6) is 0 Å². The first-order valence-corrected chi connectivity index (χ1v) is 12.4. The number of amides is 1. The Labute approximate surface area is 217 Å². The number of thiol groups is 1. The van der Waals surface area contributed by atoms with Crippen LogP contribution in [0.25, 0.3) is 10.9 Å². The molecule has 1 N–H and O–H groups in total. The number of benzene rings is 2. The van der Waals surface area contributed by atoms with Crippen molar-refractivity contribution >= 4 is 46.6 Å². The SMILES string of the molecule is O=C(c1ccc(Nc2ccnc3cc(C(F)(F)F)ccc23)cc1)N1CCN(c2cc(CS)ccn2)CC1. The Bertz CT molecular complexity index is 1420. The lowest BCUT2D eigenvalue weighted by Crippen LogP contribution is -2.49. The summed E-state index contributed by atoms with van der Waals surface area (Å²) >= 11 is 4.32. The zero-order valence-electron chi connectivity index (χ0n) is 19.7. The number of carbonyl (C=O) groups excluding carboxylic acids is 1. The summed E-state index contributed by atoms with van der Waals surface area (Å²) in [5.74, 6) is 1.50. The molecule has 2 aromatic carbocycles. The van der Waals surface area contributed by atoms with E-state index in [2.05, 4.69) is 32.8 Å². The van der Waals surface area contributed by atoms with Gasteiger partial charge < -0.3 is 15.1 Å². The largest absolute Gasteiger partial charge is 0.416 e. The number of alkyl halides is 3. The smallest absolute Gasteiger partial charge is 0.355 e. The lowest BCUT2D eigenvalue weighted by atomic mass is 10.1. The summed E-state index contributed by atoms with van der Waals surface area (Å²) in [7, 11) is 0. The van der Waals surface area contributed by atoms with Crippen LogP contribution in [0.15, 0.2) is 73.1 Å². The molecule has 0 spiro atoms. The van der Waals surface area contributed by atoms with E-state index in [0.717, 1.165) is 23.5 Å². The number of nitrogens with one attached hydrogen (secondary N) is 1. The minimum absolute atomic E-state index is 0.0442. The van der Waals surface area contributed by atoms with Gasteiger partial charge in [0, 0.05) is 66.7 Å². The van der Waals surface area contributed by atoms with Gasteiger partial charge in [0.1, 0.15) is 5.82 Å². The molecule has 6 nitrogen and oxygen atoms in total. The highest BCUT2D eigenvalue weighted by atomic mass is 32.1. The van der Waals surface area contributed by atoms with Gasteiger partial charge in [-0.25, -0.2) is 4.98 Å². The molecule has 0 unspecified atom stereocenters. The normalized spacial score (nSPS) is 14.2. The molecule has 2 aromatic heterocycles. The zero-order chi connectivity index (χ0) is 26.0. The van der Waals surface area contributed by atoms with E-state index in [0.29, 0.717) is 54.3 Å². The summed E-state index contributed by atoms with van der Waals surface area (Å²) < 4.78 is 39.1. The van der Waals surface area contributed by atoms with Crippen molar-refractivity contribution in [1.82, 2.24) is 14.9 Å². The minimum Gasteiger partial charge on any atom is -0.355 e. The molecule has 1 aliphatic heterocycles. The zero-order valence-corrected chi connectivity index (χ0v) is 20.6. The van der Waals surface area contributed by atoms with Gasteiger partial charge in [-0.2, -0.15) is 25.8 Å². The monoisotopic (exact) mass is 523 g/mol. The quantitative estimate of drug-likeness (QED) is 0.325. The molecule has 0 saturated carbocycles. The third kappa shape index (κ3) is 5.48. The van der Waals surface area contributed by atoms with E-state index >= 15 is 0 Å². The number of carbonyl (C=O) groups is 1.